The Bertz CT molecular complexity index is 787. The molecule has 1 N–H and O–H groups in total. The van der Waals surface area contributed by atoms with E-state index >= 15 is 0 Å². The van der Waals surface area contributed by atoms with Crippen LogP contribution < -0.4 is 0 Å². The minimum atomic E-state index is -0.560. The molecule has 0 saturated carbocycles. The average Bonchev–Trinajstić information content (AvgIpc) is 3.24. The van der Waals surface area contributed by atoms with Crippen LogP contribution >= 0.6 is 0 Å². The van der Waals surface area contributed by atoms with Crippen LogP contribution in [0.15, 0.2) is 36.5 Å². The number of aromatic nitrogens is 2. The molecule has 1 spiro atoms. The third kappa shape index (κ3) is 2.86. The van der Waals surface area contributed by atoms with Crippen molar-refractivity contribution in [2.24, 2.45) is 0 Å². The van der Waals surface area contributed by atoms with E-state index < -0.39 is 5.60 Å². The number of rotatable bonds is 2. The fourth-order valence-electron chi connectivity index (χ4n) is 3.67. The number of carbonyl (C=O) groups is 2. The molecule has 25 heavy (non-hydrogen) atoms. The second kappa shape index (κ2) is 5.91. The third-order valence-electron chi connectivity index (χ3n) is 4.91. The Hall–Kier alpha value is -2.83. The van der Waals surface area contributed by atoms with Crippen LogP contribution in [0.2, 0.25) is 0 Å². The van der Waals surface area contributed by atoms with Gasteiger partial charge in [-0.1, -0.05) is 12.1 Å². The normalized spacial score (nSPS) is 23.2. The van der Waals surface area contributed by atoms with E-state index in [-0.39, 0.29) is 12.0 Å². The number of piperidine rings is 1. The molecule has 2 amide bonds. The standard InChI is InChI=1S/C18H20N4O3/c1-21-11-18(25-17(21)24)8-2-10-22(12-18)16(23)14-5-3-13(4-6-14)15-7-9-19-20-15/h3-7,9H,2,8,10-12H2,1H3,(H,19,20). The summed E-state index contributed by atoms with van der Waals surface area (Å²) in [4.78, 5) is 28.0. The first-order valence-electron chi connectivity index (χ1n) is 8.40. The summed E-state index contributed by atoms with van der Waals surface area (Å²) < 4.78 is 5.57. The van der Waals surface area contributed by atoms with Crippen LogP contribution in [0.4, 0.5) is 4.79 Å². The highest BCUT2D eigenvalue weighted by Gasteiger charge is 2.47. The van der Waals surface area contributed by atoms with Gasteiger partial charge in [0.05, 0.1) is 18.8 Å². The van der Waals surface area contributed by atoms with Crippen molar-refractivity contribution in [1.82, 2.24) is 20.0 Å². The van der Waals surface area contributed by atoms with Crippen molar-refractivity contribution < 1.29 is 14.3 Å². The molecule has 7 nitrogen and oxygen atoms in total. The third-order valence-corrected chi connectivity index (χ3v) is 4.91. The second-order valence-electron chi connectivity index (χ2n) is 6.78. The van der Waals surface area contributed by atoms with Gasteiger partial charge in [-0.05, 0) is 36.6 Å². The minimum Gasteiger partial charge on any atom is -0.439 e. The first-order valence-corrected chi connectivity index (χ1v) is 8.40. The summed E-state index contributed by atoms with van der Waals surface area (Å²) in [6.07, 6.45) is 3.02. The van der Waals surface area contributed by atoms with Gasteiger partial charge in [-0.15, -0.1) is 0 Å². The Labute approximate surface area is 145 Å². The molecule has 2 aliphatic heterocycles. The highest BCUT2D eigenvalue weighted by molar-refractivity contribution is 5.94. The van der Waals surface area contributed by atoms with Crippen LogP contribution in [0.1, 0.15) is 23.2 Å². The lowest BCUT2D eigenvalue weighted by atomic mass is 9.92. The van der Waals surface area contributed by atoms with E-state index in [0.29, 0.717) is 25.2 Å². The number of carbonyl (C=O) groups excluding carboxylic acids is 2. The zero-order valence-corrected chi connectivity index (χ0v) is 14.1. The number of H-pyrrole nitrogens is 1. The molecule has 1 unspecified atom stereocenters. The molecule has 130 valence electrons. The molecule has 0 aliphatic carbocycles. The van der Waals surface area contributed by atoms with Gasteiger partial charge in [0.15, 0.2) is 0 Å². The van der Waals surface area contributed by atoms with E-state index in [1.165, 1.54) is 0 Å². The number of amides is 2. The van der Waals surface area contributed by atoms with Crippen molar-refractivity contribution in [2.45, 2.75) is 18.4 Å². The Kier molecular flexibility index (Phi) is 3.71. The summed E-state index contributed by atoms with van der Waals surface area (Å²) in [5.74, 6) is -0.0270. The molecule has 2 aliphatic rings. The smallest absolute Gasteiger partial charge is 0.410 e. The van der Waals surface area contributed by atoms with Gasteiger partial charge in [-0.25, -0.2) is 4.79 Å². The largest absolute Gasteiger partial charge is 0.439 e. The maximum absolute atomic E-state index is 12.9. The van der Waals surface area contributed by atoms with Crippen LogP contribution in [-0.2, 0) is 4.74 Å². The van der Waals surface area contributed by atoms with Crippen LogP contribution in [0.25, 0.3) is 11.3 Å². The van der Waals surface area contributed by atoms with Gasteiger partial charge in [0.1, 0.15) is 5.60 Å². The molecule has 2 fully saturated rings. The van der Waals surface area contributed by atoms with Crippen LogP contribution in [0.3, 0.4) is 0 Å². The van der Waals surface area contributed by atoms with Crippen molar-refractivity contribution in [2.75, 3.05) is 26.7 Å². The molecule has 0 radical (unpaired) electrons. The second-order valence-corrected chi connectivity index (χ2v) is 6.78. The van der Waals surface area contributed by atoms with Gasteiger partial charge >= 0.3 is 6.09 Å². The number of aromatic amines is 1. The maximum Gasteiger partial charge on any atom is 0.410 e. The Morgan fingerprint density at radius 3 is 2.68 bits per heavy atom. The first-order chi connectivity index (χ1) is 12.1. The Morgan fingerprint density at radius 2 is 2.04 bits per heavy atom. The molecule has 1 atom stereocenters. The van der Waals surface area contributed by atoms with E-state index in [4.69, 9.17) is 4.74 Å². The summed E-state index contributed by atoms with van der Waals surface area (Å²) in [7, 11) is 1.73. The average molecular weight is 340 g/mol. The molecular formula is C18H20N4O3. The maximum atomic E-state index is 12.9. The molecule has 7 heteroatoms. The highest BCUT2D eigenvalue weighted by Crippen LogP contribution is 2.32. The summed E-state index contributed by atoms with van der Waals surface area (Å²) in [6.45, 7) is 1.67. The molecule has 0 bridgehead atoms. The van der Waals surface area contributed by atoms with E-state index in [1.807, 2.05) is 30.3 Å². The quantitative estimate of drug-likeness (QED) is 0.908. The van der Waals surface area contributed by atoms with Gasteiger partial charge in [0.25, 0.3) is 5.91 Å². The van der Waals surface area contributed by atoms with E-state index in [1.54, 1.807) is 23.0 Å². The molecule has 2 aromatic rings. The van der Waals surface area contributed by atoms with Crippen LogP contribution in [-0.4, -0.2) is 64.3 Å². The number of likely N-dealkylation sites (N-methyl/N-ethyl adjacent to an activating group) is 1. The SMILES string of the molecule is CN1CC2(CCCN(C(=O)c3ccc(-c4ccn[nH]4)cc3)C2)OC1=O. The van der Waals surface area contributed by atoms with Crippen LogP contribution in [0.5, 0.6) is 0 Å². The number of hydrogen-bond acceptors (Lipinski definition) is 4. The van der Waals surface area contributed by atoms with Crippen LogP contribution in [0, 0.1) is 0 Å². The van der Waals surface area contributed by atoms with Gasteiger partial charge in [-0.3, -0.25) is 9.89 Å². The fourth-order valence-corrected chi connectivity index (χ4v) is 3.67. The van der Waals surface area contributed by atoms with Crippen molar-refractivity contribution in [3.63, 3.8) is 0 Å². The van der Waals surface area contributed by atoms with Crippen molar-refractivity contribution in [1.29, 1.82) is 0 Å². The lowest BCUT2D eigenvalue weighted by molar-refractivity contribution is -0.00521. The zero-order chi connectivity index (χ0) is 17.4. The number of nitrogens with zero attached hydrogens (tertiary/aromatic N) is 3. The van der Waals surface area contributed by atoms with E-state index in [2.05, 4.69) is 10.2 Å². The highest BCUT2D eigenvalue weighted by atomic mass is 16.6. The monoisotopic (exact) mass is 340 g/mol. The lowest BCUT2D eigenvalue weighted by Crippen LogP contribution is -2.52. The number of ether oxygens (including phenoxy) is 1. The first kappa shape index (κ1) is 15.7. The predicted molar refractivity (Wildman–Crippen MR) is 91.0 cm³/mol. The van der Waals surface area contributed by atoms with Gasteiger partial charge in [0, 0.05) is 25.4 Å². The van der Waals surface area contributed by atoms with Gasteiger partial charge < -0.3 is 14.5 Å². The van der Waals surface area contributed by atoms with E-state index in [0.717, 1.165) is 24.1 Å². The Morgan fingerprint density at radius 1 is 1.24 bits per heavy atom. The Balaban J connectivity index is 1.50. The van der Waals surface area contributed by atoms with Gasteiger partial charge in [0.2, 0.25) is 0 Å². The predicted octanol–water partition coefficient (Wildman–Crippen LogP) is 2.13. The van der Waals surface area contributed by atoms with Crippen molar-refractivity contribution in [3.8, 4) is 11.3 Å². The molecule has 3 heterocycles. The summed E-state index contributed by atoms with van der Waals surface area (Å²) >= 11 is 0. The summed E-state index contributed by atoms with van der Waals surface area (Å²) in [5, 5.41) is 6.85. The molecule has 2 saturated heterocycles. The molecular weight excluding hydrogens is 320 g/mol. The molecule has 1 aromatic heterocycles. The summed E-state index contributed by atoms with van der Waals surface area (Å²) in [6, 6.07) is 9.35. The summed E-state index contributed by atoms with van der Waals surface area (Å²) in [5.41, 5.74) is 1.97. The lowest BCUT2D eigenvalue weighted by Gasteiger charge is -2.38. The number of hydrogen-bond donors (Lipinski definition) is 1. The topological polar surface area (TPSA) is 78.5 Å². The van der Waals surface area contributed by atoms with Crippen molar-refractivity contribution >= 4 is 12.0 Å². The van der Waals surface area contributed by atoms with Crippen molar-refractivity contribution in [3.05, 3.63) is 42.1 Å². The van der Waals surface area contributed by atoms with E-state index in [9.17, 15) is 9.59 Å². The zero-order valence-electron chi connectivity index (χ0n) is 14.1. The number of likely N-dealkylation sites (tertiary alicyclic amines) is 1. The number of nitrogens with one attached hydrogen (secondary N) is 1. The molecule has 1 aromatic carbocycles. The number of benzene rings is 1. The minimum absolute atomic E-state index is 0.0270. The molecule has 4 rings (SSSR count). The fraction of sp³-hybridized carbons (Fsp3) is 0.389. The van der Waals surface area contributed by atoms with Gasteiger partial charge in [-0.2, -0.15) is 5.10 Å².